The van der Waals surface area contributed by atoms with Crippen molar-refractivity contribution in [3.63, 3.8) is 0 Å². The molecule has 1 heterocycles. The molecule has 0 spiro atoms. The normalized spacial score (nSPS) is 10.4. The van der Waals surface area contributed by atoms with Gasteiger partial charge in [0.25, 0.3) is 0 Å². The molecule has 3 N–H and O–H groups in total. The first-order chi connectivity index (χ1) is 9.08. The minimum Gasteiger partial charge on any atom is -0.508 e. The molecule has 100 valence electrons. The molecule has 0 aliphatic heterocycles. The number of phenols is 1. The molecule has 0 aliphatic rings. The first-order valence-electron chi connectivity index (χ1n) is 5.24. The number of benzene rings is 1. The molecular formula is C11H11N3O4S. The SMILES string of the molecule is COc1cc(O)cc(-c2nc(SCC(=O)O)n[nH]2)c1. The summed E-state index contributed by atoms with van der Waals surface area (Å²) in [6.07, 6.45) is 0. The summed E-state index contributed by atoms with van der Waals surface area (Å²) in [6, 6.07) is 4.67. The molecule has 0 unspecified atom stereocenters. The van der Waals surface area contributed by atoms with Gasteiger partial charge in [0.15, 0.2) is 5.82 Å². The minimum absolute atomic E-state index is 0.0467. The average molecular weight is 281 g/mol. The highest BCUT2D eigenvalue weighted by molar-refractivity contribution is 7.99. The lowest BCUT2D eigenvalue weighted by molar-refractivity contribution is -0.133. The number of methoxy groups -OCH3 is 1. The molecule has 7 nitrogen and oxygen atoms in total. The van der Waals surface area contributed by atoms with Crippen molar-refractivity contribution in [2.45, 2.75) is 5.16 Å². The van der Waals surface area contributed by atoms with Gasteiger partial charge in [-0.15, -0.1) is 5.10 Å². The lowest BCUT2D eigenvalue weighted by atomic mass is 10.2. The molecule has 1 aromatic heterocycles. The van der Waals surface area contributed by atoms with E-state index in [1.54, 1.807) is 6.07 Å². The molecule has 19 heavy (non-hydrogen) atoms. The summed E-state index contributed by atoms with van der Waals surface area (Å²) in [7, 11) is 1.49. The number of nitrogens with one attached hydrogen (secondary N) is 1. The summed E-state index contributed by atoms with van der Waals surface area (Å²) in [5, 5.41) is 25.0. The maximum Gasteiger partial charge on any atom is 0.313 e. The van der Waals surface area contributed by atoms with Gasteiger partial charge >= 0.3 is 5.97 Å². The third-order valence-corrected chi connectivity index (χ3v) is 3.02. The lowest BCUT2D eigenvalue weighted by Gasteiger charge is -2.03. The van der Waals surface area contributed by atoms with Crippen molar-refractivity contribution < 1.29 is 19.7 Å². The topological polar surface area (TPSA) is 108 Å². The predicted octanol–water partition coefficient (Wildman–Crippen LogP) is 1.36. The summed E-state index contributed by atoms with van der Waals surface area (Å²) >= 11 is 1.01. The Labute approximate surface area is 112 Å². The molecule has 2 aromatic rings. The largest absolute Gasteiger partial charge is 0.508 e. The van der Waals surface area contributed by atoms with Crippen LogP contribution in [0.3, 0.4) is 0 Å². The number of aromatic nitrogens is 3. The van der Waals surface area contributed by atoms with Gasteiger partial charge in [0, 0.05) is 11.6 Å². The third kappa shape index (κ3) is 3.38. The number of rotatable bonds is 5. The quantitative estimate of drug-likeness (QED) is 0.710. The van der Waals surface area contributed by atoms with Crippen molar-refractivity contribution in [3.8, 4) is 22.9 Å². The molecule has 0 aliphatic carbocycles. The molecule has 0 saturated heterocycles. The number of hydrogen-bond acceptors (Lipinski definition) is 6. The van der Waals surface area contributed by atoms with Crippen molar-refractivity contribution in [1.29, 1.82) is 0 Å². The number of nitrogens with zero attached hydrogens (tertiary/aromatic N) is 2. The average Bonchev–Trinajstić information content (AvgIpc) is 2.84. The second-order valence-corrected chi connectivity index (χ2v) is 4.51. The molecule has 0 atom stereocenters. The highest BCUT2D eigenvalue weighted by atomic mass is 32.2. The van der Waals surface area contributed by atoms with E-state index in [0.717, 1.165) is 11.8 Å². The Morgan fingerprint density at radius 1 is 1.47 bits per heavy atom. The van der Waals surface area contributed by atoms with Crippen LogP contribution >= 0.6 is 11.8 Å². The Bertz CT molecular complexity index is 599. The van der Waals surface area contributed by atoms with Gasteiger partial charge < -0.3 is 14.9 Å². The molecular weight excluding hydrogens is 270 g/mol. The summed E-state index contributed by atoms with van der Waals surface area (Å²) in [5.41, 5.74) is 0.603. The van der Waals surface area contributed by atoms with E-state index in [9.17, 15) is 9.90 Å². The molecule has 1 aromatic carbocycles. The number of phenolic OH excluding ortho intramolecular Hbond substituents is 1. The first-order valence-corrected chi connectivity index (χ1v) is 6.22. The monoisotopic (exact) mass is 281 g/mol. The Balaban J connectivity index is 2.22. The fourth-order valence-corrected chi connectivity index (χ4v) is 1.92. The molecule has 0 radical (unpaired) electrons. The predicted molar refractivity (Wildman–Crippen MR) is 68.4 cm³/mol. The maximum atomic E-state index is 10.4. The van der Waals surface area contributed by atoms with Crippen LogP contribution in [0.5, 0.6) is 11.5 Å². The minimum atomic E-state index is -0.935. The van der Waals surface area contributed by atoms with E-state index >= 15 is 0 Å². The van der Waals surface area contributed by atoms with Crippen molar-refractivity contribution in [2.24, 2.45) is 0 Å². The summed E-state index contributed by atoms with van der Waals surface area (Å²) in [5.74, 6) is -0.0743. The number of carboxylic acid groups (broad SMARTS) is 1. The maximum absolute atomic E-state index is 10.4. The smallest absolute Gasteiger partial charge is 0.313 e. The number of hydrogen-bond donors (Lipinski definition) is 3. The van der Waals surface area contributed by atoms with Gasteiger partial charge in [0.05, 0.1) is 12.9 Å². The molecule has 0 saturated carbocycles. The van der Waals surface area contributed by atoms with Gasteiger partial charge in [0.2, 0.25) is 5.16 Å². The lowest BCUT2D eigenvalue weighted by Crippen LogP contribution is -1.97. The summed E-state index contributed by atoms with van der Waals surface area (Å²) in [6.45, 7) is 0. The Hall–Kier alpha value is -2.22. The van der Waals surface area contributed by atoms with E-state index in [4.69, 9.17) is 9.84 Å². The number of aromatic amines is 1. The Morgan fingerprint density at radius 3 is 2.95 bits per heavy atom. The van der Waals surface area contributed by atoms with Gasteiger partial charge in [-0.05, 0) is 12.1 Å². The van der Waals surface area contributed by atoms with E-state index in [0.29, 0.717) is 22.3 Å². The molecule has 2 rings (SSSR count). The zero-order chi connectivity index (χ0) is 13.8. The molecule has 0 fully saturated rings. The number of aromatic hydroxyl groups is 1. The van der Waals surface area contributed by atoms with Crippen LogP contribution < -0.4 is 4.74 Å². The van der Waals surface area contributed by atoms with E-state index in [1.807, 2.05) is 0 Å². The number of aliphatic carboxylic acids is 1. The van der Waals surface area contributed by atoms with E-state index < -0.39 is 5.97 Å². The first kappa shape index (κ1) is 13.2. The number of carbonyl (C=O) groups is 1. The molecule has 0 amide bonds. The second-order valence-electron chi connectivity index (χ2n) is 3.57. The van der Waals surface area contributed by atoms with Crippen LogP contribution in [0.15, 0.2) is 23.4 Å². The third-order valence-electron chi connectivity index (χ3n) is 2.19. The van der Waals surface area contributed by atoms with Crippen molar-refractivity contribution in [2.75, 3.05) is 12.9 Å². The highest BCUT2D eigenvalue weighted by Crippen LogP contribution is 2.27. The Morgan fingerprint density at radius 2 is 2.26 bits per heavy atom. The van der Waals surface area contributed by atoms with Gasteiger partial charge in [-0.1, -0.05) is 11.8 Å². The standard InChI is InChI=1S/C11H11N3O4S/c1-18-8-3-6(2-7(15)4-8)10-12-11(14-13-10)19-5-9(16)17/h2-4,15H,5H2,1H3,(H,16,17)(H,12,13,14). The zero-order valence-corrected chi connectivity index (χ0v) is 10.8. The Kier molecular flexibility index (Phi) is 3.91. The second kappa shape index (κ2) is 5.61. The van der Waals surface area contributed by atoms with Crippen LogP contribution in [0.25, 0.3) is 11.4 Å². The summed E-state index contributed by atoms with van der Waals surface area (Å²) in [4.78, 5) is 14.6. The number of H-pyrrole nitrogens is 1. The number of thioether (sulfide) groups is 1. The zero-order valence-electron chi connectivity index (χ0n) is 9.95. The van der Waals surface area contributed by atoms with Gasteiger partial charge in [-0.3, -0.25) is 9.89 Å². The van der Waals surface area contributed by atoms with Crippen LogP contribution in [0.1, 0.15) is 0 Å². The van der Waals surface area contributed by atoms with Crippen LogP contribution in [0.2, 0.25) is 0 Å². The van der Waals surface area contributed by atoms with Gasteiger partial charge in [-0.25, -0.2) is 4.98 Å². The summed E-state index contributed by atoms with van der Waals surface area (Å²) < 4.78 is 5.04. The van der Waals surface area contributed by atoms with E-state index in [1.165, 1.54) is 19.2 Å². The van der Waals surface area contributed by atoms with Crippen LogP contribution in [-0.4, -0.2) is 44.2 Å². The van der Waals surface area contributed by atoms with E-state index in [-0.39, 0.29) is 11.5 Å². The fourth-order valence-electron chi connectivity index (χ4n) is 1.40. The number of ether oxygens (including phenoxy) is 1. The highest BCUT2D eigenvalue weighted by Gasteiger charge is 2.10. The van der Waals surface area contributed by atoms with Gasteiger partial charge in [-0.2, -0.15) is 0 Å². The van der Waals surface area contributed by atoms with Crippen LogP contribution in [-0.2, 0) is 4.79 Å². The van der Waals surface area contributed by atoms with Crippen molar-refractivity contribution in [1.82, 2.24) is 15.2 Å². The van der Waals surface area contributed by atoms with Crippen molar-refractivity contribution in [3.05, 3.63) is 18.2 Å². The van der Waals surface area contributed by atoms with Crippen LogP contribution in [0, 0.1) is 0 Å². The fraction of sp³-hybridized carbons (Fsp3) is 0.182. The molecule has 8 heteroatoms. The van der Waals surface area contributed by atoms with Crippen LogP contribution in [0.4, 0.5) is 0 Å². The molecule has 0 bridgehead atoms. The van der Waals surface area contributed by atoms with E-state index in [2.05, 4.69) is 15.2 Å². The van der Waals surface area contributed by atoms with Crippen molar-refractivity contribution >= 4 is 17.7 Å². The number of carboxylic acids is 1. The van der Waals surface area contributed by atoms with Gasteiger partial charge in [0.1, 0.15) is 11.5 Å².